The van der Waals surface area contributed by atoms with E-state index in [1.165, 1.54) is 11.1 Å². The van der Waals surface area contributed by atoms with Crippen molar-refractivity contribution in [2.24, 2.45) is 0 Å². The van der Waals surface area contributed by atoms with E-state index in [0.717, 1.165) is 27.6 Å². The largest absolute Gasteiger partial charge is 0.396 e. The minimum Gasteiger partial charge on any atom is -0.396 e. The van der Waals surface area contributed by atoms with Crippen molar-refractivity contribution in [2.75, 3.05) is 11.1 Å². The third-order valence-electron chi connectivity index (χ3n) is 3.41. The Morgan fingerprint density at radius 3 is 2.86 bits per heavy atom. The van der Waals surface area contributed by atoms with E-state index in [2.05, 4.69) is 57.4 Å². The fourth-order valence-corrected chi connectivity index (χ4v) is 2.75. The molecule has 0 spiro atoms. The summed E-state index contributed by atoms with van der Waals surface area (Å²) in [6.07, 6.45) is 1.70. The number of nitrogens with two attached hydrogens (primary N) is 1. The van der Waals surface area contributed by atoms with E-state index in [4.69, 9.17) is 5.73 Å². The molecule has 0 amide bonds. The van der Waals surface area contributed by atoms with Gasteiger partial charge in [0.15, 0.2) is 0 Å². The van der Waals surface area contributed by atoms with Crippen LogP contribution in [0, 0.1) is 6.92 Å². The molecule has 0 radical (unpaired) electrons. The average Bonchev–Trinajstić information content (AvgIpc) is 2.46. The summed E-state index contributed by atoms with van der Waals surface area (Å²) >= 11 is 3.50. The molecule has 1 aromatic heterocycles. The number of fused-ring (bicyclic) bond motifs is 1. The number of aromatic nitrogens is 1. The summed E-state index contributed by atoms with van der Waals surface area (Å²) in [4.78, 5) is 4.37. The molecule has 3 aromatic rings. The topological polar surface area (TPSA) is 50.9 Å². The Labute approximate surface area is 132 Å². The summed E-state index contributed by atoms with van der Waals surface area (Å²) in [6.45, 7) is 2.83. The van der Waals surface area contributed by atoms with E-state index in [1.54, 1.807) is 6.20 Å². The van der Waals surface area contributed by atoms with Crippen LogP contribution < -0.4 is 11.1 Å². The van der Waals surface area contributed by atoms with Gasteiger partial charge in [-0.3, -0.25) is 4.98 Å². The number of nitrogens with one attached hydrogen (secondary N) is 1. The molecule has 4 heteroatoms. The van der Waals surface area contributed by atoms with Crippen LogP contribution in [-0.2, 0) is 6.54 Å². The Morgan fingerprint density at radius 1 is 1.19 bits per heavy atom. The third kappa shape index (κ3) is 3.00. The first-order chi connectivity index (χ1) is 10.1. The van der Waals surface area contributed by atoms with E-state index in [0.29, 0.717) is 5.69 Å². The lowest BCUT2D eigenvalue weighted by Gasteiger charge is -2.13. The molecule has 0 unspecified atom stereocenters. The van der Waals surface area contributed by atoms with E-state index >= 15 is 0 Å². The minimum absolute atomic E-state index is 0.660. The number of hydrogen-bond donors (Lipinski definition) is 2. The van der Waals surface area contributed by atoms with Gasteiger partial charge in [-0.15, -0.1) is 0 Å². The van der Waals surface area contributed by atoms with Gasteiger partial charge in [-0.2, -0.15) is 0 Å². The maximum Gasteiger partial charge on any atom is 0.0743 e. The van der Waals surface area contributed by atoms with Crippen LogP contribution in [-0.4, -0.2) is 4.98 Å². The molecule has 0 bridgehead atoms. The summed E-state index contributed by atoms with van der Waals surface area (Å²) in [5.41, 5.74) is 11.1. The van der Waals surface area contributed by atoms with Crippen molar-refractivity contribution in [3.63, 3.8) is 0 Å². The molecule has 0 aliphatic rings. The van der Waals surface area contributed by atoms with Gasteiger partial charge in [-0.1, -0.05) is 45.8 Å². The smallest absolute Gasteiger partial charge is 0.0743 e. The van der Waals surface area contributed by atoms with E-state index in [1.807, 2.05) is 18.2 Å². The molecular weight excluding hydrogens is 326 g/mol. The number of aryl methyl sites for hydroxylation is 1. The molecule has 3 rings (SSSR count). The van der Waals surface area contributed by atoms with Gasteiger partial charge in [0, 0.05) is 16.4 Å². The van der Waals surface area contributed by atoms with Crippen LogP contribution in [0.4, 0.5) is 11.4 Å². The van der Waals surface area contributed by atoms with Crippen LogP contribution in [0.15, 0.2) is 53.1 Å². The number of rotatable bonds is 3. The zero-order chi connectivity index (χ0) is 14.8. The maximum atomic E-state index is 6.09. The van der Waals surface area contributed by atoms with Gasteiger partial charge < -0.3 is 11.1 Å². The molecule has 0 aliphatic heterocycles. The van der Waals surface area contributed by atoms with E-state index < -0.39 is 0 Å². The second-order valence-corrected chi connectivity index (χ2v) is 6.01. The molecule has 0 aliphatic carbocycles. The van der Waals surface area contributed by atoms with Crippen molar-refractivity contribution in [1.82, 2.24) is 4.98 Å². The van der Waals surface area contributed by atoms with Crippen LogP contribution in [0.1, 0.15) is 11.1 Å². The van der Waals surface area contributed by atoms with Gasteiger partial charge in [0.1, 0.15) is 0 Å². The number of nitrogen functional groups attached to an aromatic ring is 1. The Morgan fingerprint density at radius 2 is 2.05 bits per heavy atom. The van der Waals surface area contributed by atoms with E-state index in [-0.39, 0.29) is 0 Å². The normalized spacial score (nSPS) is 10.8. The standard InChI is InChI=1S/C17H16BrN3/c1-11-3-2-4-12(7-11)9-21-17-14-8-13(18)5-6-16(14)20-10-15(17)19/h2-8,10H,9,19H2,1H3,(H,20,21). The highest BCUT2D eigenvalue weighted by molar-refractivity contribution is 9.10. The summed E-state index contributed by atoms with van der Waals surface area (Å²) in [6, 6.07) is 14.4. The van der Waals surface area contributed by atoms with Gasteiger partial charge in [0.2, 0.25) is 0 Å². The predicted octanol–water partition coefficient (Wildman–Crippen LogP) is 4.50. The second-order valence-electron chi connectivity index (χ2n) is 5.09. The monoisotopic (exact) mass is 341 g/mol. The van der Waals surface area contributed by atoms with Gasteiger partial charge >= 0.3 is 0 Å². The number of nitrogens with zero attached hydrogens (tertiary/aromatic N) is 1. The van der Waals surface area contributed by atoms with E-state index in [9.17, 15) is 0 Å². The molecule has 2 aromatic carbocycles. The summed E-state index contributed by atoms with van der Waals surface area (Å²) < 4.78 is 1.01. The number of halogens is 1. The predicted molar refractivity (Wildman–Crippen MR) is 92.4 cm³/mol. The lowest BCUT2D eigenvalue weighted by Crippen LogP contribution is -2.04. The molecular formula is C17H16BrN3. The van der Waals surface area contributed by atoms with Crippen molar-refractivity contribution >= 4 is 38.2 Å². The quantitative estimate of drug-likeness (QED) is 0.737. The zero-order valence-electron chi connectivity index (χ0n) is 11.7. The first-order valence-electron chi connectivity index (χ1n) is 6.76. The number of hydrogen-bond acceptors (Lipinski definition) is 3. The van der Waals surface area contributed by atoms with Crippen LogP contribution in [0.3, 0.4) is 0 Å². The first-order valence-corrected chi connectivity index (χ1v) is 7.56. The Kier molecular flexibility index (Phi) is 3.80. The highest BCUT2D eigenvalue weighted by Gasteiger charge is 2.07. The fourth-order valence-electron chi connectivity index (χ4n) is 2.39. The van der Waals surface area contributed by atoms with Crippen LogP contribution in [0.25, 0.3) is 10.9 Å². The number of anilines is 2. The van der Waals surface area contributed by atoms with Crippen molar-refractivity contribution in [3.05, 3.63) is 64.3 Å². The van der Waals surface area contributed by atoms with Gasteiger partial charge in [-0.05, 0) is 30.7 Å². The van der Waals surface area contributed by atoms with Gasteiger partial charge in [0.25, 0.3) is 0 Å². The minimum atomic E-state index is 0.660. The van der Waals surface area contributed by atoms with Crippen LogP contribution in [0.5, 0.6) is 0 Å². The molecule has 0 saturated carbocycles. The molecule has 0 atom stereocenters. The van der Waals surface area contributed by atoms with Crippen LogP contribution >= 0.6 is 15.9 Å². The summed E-state index contributed by atoms with van der Waals surface area (Å²) in [7, 11) is 0. The molecule has 3 N–H and O–H groups in total. The van der Waals surface area contributed by atoms with Crippen molar-refractivity contribution < 1.29 is 0 Å². The summed E-state index contributed by atoms with van der Waals surface area (Å²) in [5, 5.41) is 4.47. The lowest BCUT2D eigenvalue weighted by molar-refractivity contribution is 1.14. The average molecular weight is 342 g/mol. The number of pyridine rings is 1. The Balaban J connectivity index is 1.96. The maximum absolute atomic E-state index is 6.09. The molecule has 21 heavy (non-hydrogen) atoms. The highest BCUT2D eigenvalue weighted by Crippen LogP contribution is 2.30. The first kappa shape index (κ1) is 13.9. The van der Waals surface area contributed by atoms with Gasteiger partial charge in [0.05, 0.1) is 23.1 Å². The van der Waals surface area contributed by atoms with Gasteiger partial charge in [-0.25, -0.2) is 0 Å². The molecule has 0 saturated heterocycles. The van der Waals surface area contributed by atoms with Crippen molar-refractivity contribution in [1.29, 1.82) is 0 Å². The lowest BCUT2D eigenvalue weighted by atomic mass is 10.1. The molecule has 1 heterocycles. The fraction of sp³-hybridized carbons (Fsp3) is 0.118. The zero-order valence-corrected chi connectivity index (χ0v) is 13.3. The summed E-state index contributed by atoms with van der Waals surface area (Å²) in [5.74, 6) is 0. The second kappa shape index (κ2) is 5.74. The Hall–Kier alpha value is -2.07. The number of benzene rings is 2. The van der Waals surface area contributed by atoms with Crippen LogP contribution in [0.2, 0.25) is 0 Å². The van der Waals surface area contributed by atoms with Crippen molar-refractivity contribution in [3.8, 4) is 0 Å². The molecule has 106 valence electrons. The van der Waals surface area contributed by atoms with Crippen molar-refractivity contribution in [2.45, 2.75) is 13.5 Å². The molecule has 3 nitrogen and oxygen atoms in total. The third-order valence-corrected chi connectivity index (χ3v) is 3.90. The Bertz CT molecular complexity index is 794. The SMILES string of the molecule is Cc1cccc(CNc2c(N)cnc3ccc(Br)cc23)c1. The highest BCUT2D eigenvalue weighted by atomic mass is 79.9. The molecule has 0 fully saturated rings.